The van der Waals surface area contributed by atoms with Gasteiger partial charge in [-0.2, -0.15) is 0 Å². The minimum Gasteiger partial charge on any atom is -0.329 e. The van der Waals surface area contributed by atoms with Gasteiger partial charge < -0.3 is 5.73 Å². The number of nitrogens with zero attached hydrogens (tertiary/aromatic N) is 1. The maximum Gasteiger partial charge on any atom is 0.0365 e. The van der Waals surface area contributed by atoms with Gasteiger partial charge in [-0.15, -0.1) is 0 Å². The molecule has 0 heterocycles. The summed E-state index contributed by atoms with van der Waals surface area (Å²) in [6.07, 6.45) is 5.69. The maximum absolute atomic E-state index is 6.13. The molecule has 2 heteroatoms. The van der Waals surface area contributed by atoms with Crippen LogP contribution in [-0.2, 0) is 0 Å². The first-order valence-corrected chi connectivity index (χ1v) is 6.61. The summed E-state index contributed by atoms with van der Waals surface area (Å²) in [6, 6.07) is 0.637. The summed E-state index contributed by atoms with van der Waals surface area (Å²) in [5.74, 6) is 1.86. The fourth-order valence-corrected chi connectivity index (χ4v) is 4.33. The molecule has 3 unspecified atom stereocenters. The molecule has 0 aliphatic heterocycles. The Balaban J connectivity index is 2.21. The van der Waals surface area contributed by atoms with Crippen LogP contribution in [0, 0.1) is 11.8 Å². The van der Waals surface area contributed by atoms with Crippen molar-refractivity contribution in [1.29, 1.82) is 0 Å². The molecular formula is C13H26N2. The second-order valence-corrected chi connectivity index (χ2v) is 5.77. The van der Waals surface area contributed by atoms with Crippen molar-refractivity contribution in [2.45, 2.75) is 58.0 Å². The van der Waals surface area contributed by atoms with E-state index in [0.29, 0.717) is 11.6 Å². The van der Waals surface area contributed by atoms with Gasteiger partial charge in [-0.1, -0.05) is 13.3 Å². The topological polar surface area (TPSA) is 29.3 Å². The van der Waals surface area contributed by atoms with Crippen molar-refractivity contribution < 1.29 is 0 Å². The molecule has 2 fully saturated rings. The Morgan fingerprint density at radius 1 is 1.40 bits per heavy atom. The van der Waals surface area contributed by atoms with Crippen molar-refractivity contribution in [3.05, 3.63) is 0 Å². The summed E-state index contributed by atoms with van der Waals surface area (Å²) < 4.78 is 0. The standard InChI is InChI=1S/C13H26N2/c1-4-15(10(2)3)13(9-14)8-11-5-6-12(13)7-11/h10-12H,4-9,14H2,1-3H3. The SMILES string of the molecule is CCN(C(C)C)C1(CN)CC2CCC1C2. The Hall–Kier alpha value is -0.0800. The van der Waals surface area contributed by atoms with Gasteiger partial charge in [-0.25, -0.2) is 0 Å². The van der Waals surface area contributed by atoms with Crippen molar-refractivity contribution in [3.8, 4) is 0 Å². The van der Waals surface area contributed by atoms with E-state index in [1.807, 2.05) is 0 Å². The fourth-order valence-electron chi connectivity index (χ4n) is 4.33. The highest BCUT2D eigenvalue weighted by Crippen LogP contribution is 2.53. The summed E-state index contributed by atoms with van der Waals surface area (Å²) in [4.78, 5) is 2.66. The van der Waals surface area contributed by atoms with E-state index >= 15 is 0 Å². The molecule has 0 radical (unpaired) electrons. The van der Waals surface area contributed by atoms with Gasteiger partial charge in [-0.3, -0.25) is 4.90 Å². The van der Waals surface area contributed by atoms with E-state index < -0.39 is 0 Å². The largest absolute Gasteiger partial charge is 0.329 e. The summed E-state index contributed by atoms with van der Waals surface area (Å²) in [5, 5.41) is 0. The van der Waals surface area contributed by atoms with Gasteiger partial charge in [0, 0.05) is 18.1 Å². The predicted molar refractivity (Wildman–Crippen MR) is 64.7 cm³/mol. The molecule has 2 aliphatic rings. The third kappa shape index (κ3) is 1.62. The van der Waals surface area contributed by atoms with Crippen LogP contribution in [0.3, 0.4) is 0 Å². The molecule has 3 atom stereocenters. The second-order valence-electron chi connectivity index (χ2n) is 5.77. The quantitative estimate of drug-likeness (QED) is 0.771. The van der Waals surface area contributed by atoms with E-state index in [-0.39, 0.29) is 0 Å². The molecule has 2 bridgehead atoms. The van der Waals surface area contributed by atoms with Gasteiger partial charge >= 0.3 is 0 Å². The minimum absolute atomic E-state index is 0.353. The van der Waals surface area contributed by atoms with E-state index in [9.17, 15) is 0 Å². The molecule has 2 N–H and O–H groups in total. The van der Waals surface area contributed by atoms with E-state index in [1.54, 1.807) is 0 Å². The minimum atomic E-state index is 0.353. The van der Waals surface area contributed by atoms with Crippen LogP contribution in [0.2, 0.25) is 0 Å². The van der Waals surface area contributed by atoms with Gasteiger partial charge in [-0.05, 0) is 51.5 Å². The number of hydrogen-bond acceptors (Lipinski definition) is 2. The van der Waals surface area contributed by atoms with Crippen LogP contribution < -0.4 is 5.73 Å². The Labute approximate surface area is 94.2 Å². The van der Waals surface area contributed by atoms with Gasteiger partial charge in [0.05, 0.1) is 0 Å². The first kappa shape index (κ1) is 11.4. The first-order chi connectivity index (χ1) is 7.14. The summed E-state index contributed by atoms with van der Waals surface area (Å²) in [5.41, 5.74) is 6.48. The van der Waals surface area contributed by atoms with Crippen LogP contribution in [0.25, 0.3) is 0 Å². The van der Waals surface area contributed by atoms with Gasteiger partial charge in [0.15, 0.2) is 0 Å². The molecule has 2 aliphatic carbocycles. The Morgan fingerprint density at radius 2 is 2.13 bits per heavy atom. The molecule has 88 valence electrons. The summed E-state index contributed by atoms with van der Waals surface area (Å²) in [7, 11) is 0. The zero-order valence-corrected chi connectivity index (χ0v) is 10.5. The predicted octanol–water partition coefficient (Wildman–Crippen LogP) is 2.23. The van der Waals surface area contributed by atoms with Crippen molar-refractivity contribution in [2.24, 2.45) is 17.6 Å². The maximum atomic E-state index is 6.13. The van der Waals surface area contributed by atoms with Gasteiger partial charge in [0.25, 0.3) is 0 Å². The molecule has 0 aromatic carbocycles. The third-order valence-corrected chi connectivity index (χ3v) is 4.83. The molecule has 2 nitrogen and oxygen atoms in total. The van der Waals surface area contributed by atoms with Crippen LogP contribution in [-0.4, -0.2) is 29.6 Å². The Morgan fingerprint density at radius 3 is 2.47 bits per heavy atom. The molecule has 15 heavy (non-hydrogen) atoms. The molecule has 0 saturated heterocycles. The summed E-state index contributed by atoms with van der Waals surface area (Å²) in [6.45, 7) is 8.92. The molecule has 0 aromatic rings. The number of rotatable bonds is 4. The number of nitrogens with two attached hydrogens (primary N) is 1. The highest BCUT2D eigenvalue weighted by molar-refractivity contribution is 5.08. The molecular weight excluding hydrogens is 184 g/mol. The van der Waals surface area contributed by atoms with Gasteiger partial charge in [0.1, 0.15) is 0 Å². The third-order valence-electron chi connectivity index (χ3n) is 4.83. The first-order valence-electron chi connectivity index (χ1n) is 6.61. The molecule has 0 amide bonds. The van der Waals surface area contributed by atoms with E-state index in [1.165, 1.54) is 25.7 Å². The number of hydrogen-bond donors (Lipinski definition) is 1. The van der Waals surface area contributed by atoms with Crippen LogP contribution in [0.15, 0.2) is 0 Å². The van der Waals surface area contributed by atoms with Crippen molar-refractivity contribution in [2.75, 3.05) is 13.1 Å². The highest BCUT2D eigenvalue weighted by Gasteiger charge is 2.53. The van der Waals surface area contributed by atoms with Crippen LogP contribution in [0.1, 0.15) is 46.5 Å². The lowest BCUT2D eigenvalue weighted by atomic mass is 9.78. The van der Waals surface area contributed by atoms with E-state index in [4.69, 9.17) is 5.73 Å². The summed E-state index contributed by atoms with van der Waals surface area (Å²) >= 11 is 0. The zero-order chi connectivity index (χ0) is 11.1. The molecule has 2 rings (SSSR count). The monoisotopic (exact) mass is 210 g/mol. The molecule has 2 saturated carbocycles. The number of likely N-dealkylation sites (N-methyl/N-ethyl adjacent to an activating group) is 1. The molecule has 0 aromatic heterocycles. The lowest BCUT2D eigenvalue weighted by Gasteiger charge is -2.48. The molecule has 0 spiro atoms. The van der Waals surface area contributed by atoms with Crippen LogP contribution in [0.5, 0.6) is 0 Å². The van der Waals surface area contributed by atoms with Crippen molar-refractivity contribution in [3.63, 3.8) is 0 Å². The Kier molecular flexibility index (Phi) is 3.09. The highest BCUT2D eigenvalue weighted by atomic mass is 15.2. The van der Waals surface area contributed by atoms with Crippen LogP contribution in [0.4, 0.5) is 0 Å². The van der Waals surface area contributed by atoms with Crippen LogP contribution >= 0.6 is 0 Å². The van der Waals surface area contributed by atoms with Gasteiger partial charge in [0.2, 0.25) is 0 Å². The Bertz CT molecular complexity index is 227. The lowest BCUT2D eigenvalue weighted by Crippen LogP contribution is -2.59. The fraction of sp³-hybridized carbons (Fsp3) is 1.00. The van der Waals surface area contributed by atoms with Crippen molar-refractivity contribution >= 4 is 0 Å². The number of fused-ring (bicyclic) bond motifs is 2. The second kappa shape index (κ2) is 4.06. The van der Waals surface area contributed by atoms with E-state index in [2.05, 4.69) is 25.7 Å². The van der Waals surface area contributed by atoms with Crippen molar-refractivity contribution in [1.82, 2.24) is 4.90 Å². The zero-order valence-electron chi connectivity index (χ0n) is 10.5. The average Bonchev–Trinajstić information content (AvgIpc) is 2.78. The smallest absolute Gasteiger partial charge is 0.0365 e. The van der Waals surface area contributed by atoms with E-state index in [0.717, 1.165) is 24.9 Å². The lowest BCUT2D eigenvalue weighted by molar-refractivity contribution is 0.0207. The average molecular weight is 210 g/mol. The normalized spacial score (nSPS) is 39.6.